The summed E-state index contributed by atoms with van der Waals surface area (Å²) in [6, 6.07) is 21.3. The van der Waals surface area contributed by atoms with E-state index in [1.807, 2.05) is 47.0 Å². The van der Waals surface area contributed by atoms with E-state index in [-0.39, 0.29) is 36.3 Å². The number of aromatic nitrogens is 2. The molecule has 3 aromatic carbocycles. The largest absolute Gasteiger partial charge is 0.508 e. The summed E-state index contributed by atoms with van der Waals surface area (Å²) in [4.78, 5) is 35.2. The molecule has 2 unspecified atom stereocenters. The van der Waals surface area contributed by atoms with Crippen molar-refractivity contribution in [1.82, 2.24) is 19.4 Å². The lowest BCUT2D eigenvalue weighted by Gasteiger charge is -2.44. The maximum Gasteiger partial charge on any atom is 0.246 e. The van der Waals surface area contributed by atoms with E-state index in [1.165, 1.54) is 12.1 Å². The average Bonchev–Trinajstić information content (AvgIpc) is 3.34. The third-order valence-corrected chi connectivity index (χ3v) is 6.96. The van der Waals surface area contributed by atoms with E-state index >= 15 is 0 Å². The highest BCUT2D eigenvalue weighted by atomic mass is 19.1. The minimum absolute atomic E-state index is 0.103. The maximum absolute atomic E-state index is 13.9. The molecule has 1 aromatic heterocycles. The third-order valence-electron chi connectivity index (χ3n) is 6.96. The molecule has 0 radical (unpaired) electrons. The van der Waals surface area contributed by atoms with Gasteiger partial charge in [-0.15, -0.1) is 0 Å². The quantitative estimate of drug-likeness (QED) is 0.385. The van der Waals surface area contributed by atoms with Crippen molar-refractivity contribution in [2.45, 2.75) is 45.1 Å². The Morgan fingerprint density at radius 2 is 1.55 bits per heavy atom. The van der Waals surface area contributed by atoms with E-state index in [2.05, 4.69) is 4.98 Å². The summed E-state index contributed by atoms with van der Waals surface area (Å²) in [6.07, 6.45) is 3.57. The smallest absolute Gasteiger partial charge is 0.246 e. The molecule has 2 heterocycles. The van der Waals surface area contributed by atoms with Gasteiger partial charge in [-0.1, -0.05) is 54.6 Å². The minimum atomic E-state index is -0.762. The number of halogens is 1. The van der Waals surface area contributed by atoms with Crippen molar-refractivity contribution in [3.05, 3.63) is 120 Å². The molecule has 5 rings (SSSR count). The van der Waals surface area contributed by atoms with Gasteiger partial charge in [0.1, 0.15) is 23.7 Å². The third kappa shape index (κ3) is 5.44. The Balaban J connectivity index is 1.45. The van der Waals surface area contributed by atoms with Crippen LogP contribution in [0.3, 0.4) is 0 Å². The number of phenols is 1. The first-order chi connectivity index (χ1) is 18.4. The van der Waals surface area contributed by atoms with Crippen molar-refractivity contribution < 1.29 is 19.1 Å². The van der Waals surface area contributed by atoms with E-state index < -0.39 is 12.1 Å². The predicted molar refractivity (Wildman–Crippen MR) is 140 cm³/mol. The normalized spacial score (nSPS) is 17.7. The molecular formula is C30H29FN4O3. The molecule has 0 spiro atoms. The number of nitrogens with zero attached hydrogens (tertiary/aromatic N) is 4. The standard InChI is InChI=1S/C30H29FN4O3/c1-21-29(37)35(19-26-16-32-20-33(26)17-24-10-5-11-25(31)13-24)28(15-23-9-6-12-27(36)14-23)30(38)34(21)18-22-7-3-2-4-8-22/h2-14,16,20-21,28,36H,15,17-19H2,1H3. The molecule has 7 nitrogen and oxygen atoms in total. The van der Waals surface area contributed by atoms with Crippen molar-refractivity contribution in [1.29, 1.82) is 0 Å². The van der Waals surface area contributed by atoms with Gasteiger partial charge in [-0.2, -0.15) is 0 Å². The van der Waals surface area contributed by atoms with Crippen LogP contribution in [0.25, 0.3) is 0 Å². The van der Waals surface area contributed by atoms with Crippen LogP contribution in [-0.4, -0.2) is 48.4 Å². The van der Waals surface area contributed by atoms with Gasteiger partial charge in [-0.3, -0.25) is 9.59 Å². The van der Waals surface area contributed by atoms with Crippen LogP contribution in [-0.2, 0) is 35.6 Å². The highest BCUT2D eigenvalue weighted by molar-refractivity contribution is 5.97. The average molecular weight is 513 g/mol. The Labute approximate surface area is 220 Å². The second-order valence-electron chi connectivity index (χ2n) is 9.63. The fraction of sp³-hybridized carbons (Fsp3) is 0.233. The van der Waals surface area contributed by atoms with E-state index in [0.29, 0.717) is 13.1 Å². The van der Waals surface area contributed by atoms with E-state index in [4.69, 9.17) is 0 Å². The number of rotatable bonds is 8. The van der Waals surface area contributed by atoms with Gasteiger partial charge in [-0.05, 0) is 47.9 Å². The summed E-state index contributed by atoms with van der Waals surface area (Å²) >= 11 is 0. The fourth-order valence-electron chi connectivity index (χ4n) is 4.96. The zero-order valence-corrected chi connectivity index (χ0v) is 21.1. The first-order valence-corrected chi connectivity index (χ1v) is 12.6. The fourth-order valence-corrected chi connectivity index (χ4v) is 4.96. The molecule has 38 heavy (non-hydrogen) atoms. The zero-order chi connectivity index (χ0) is 26.6. The number of aromatic hydroxyl groups is 1. The van der Waals surface area contributed by atoms with E-state index in [0.717, 1.165) is 22.4 Å². The van der Waals surface area contributed by atoms with Gasteiger partial charge in [-0.25, -0.2) is 9.37 Å². The molecule has 4 aromatic rings. The van der Waals surface area contributed by atoms with Crippen molar-refractivity contribution >= 4 is 11.8 Å². The molecule has 1 aliphatic heterocycles. The molecule has 194 valence electrons. The SMILES string of the molecule is CC1C(=O)N(Cc2cncn2Cc2cccc(F)c2)C(Cc2cccc(O)c2)C(=O)N1Cc1ccccc1. The van der Waals surface area contributed by atoms with Crippen LogP contribution >= 0.6 is 0 Å². The van der Waals surface area contributed by atoms with Crippen molar-refractivity contribution in [3.8, 4) is 5.75 Å². The van der Waals surface area contributed by atoms with Crippen LogP contribution in [0.15, 0.2) is 91.4 Å². The van der Waals surface area contributed by atoms with Crippen molar-refractivity contribution in [2.24, 2.45) is 0 Å². The monoisotopic (exact) mass is 512 g/mol. The Hall–Kier alpha value is -4.46. The number of hydrogen-bond donors (Lipinski definition) is 1. The van der Waals surface area contributed by atoms with E-state index in [1.54, 1.807) is 53.5 Å². The van der Waals surface area contributed by atoms with Crippen molar-refractivity contribution in [2.75, 3.05) is 0 Å². The number of carbonyl (C=O) groups is 2. The number of hydrogen-bond acceptors (Lipinski definition) is 4. The van der Waals surface area contributed by atoms with Gasteiger partial charge in [0.25, 0.3) is 0 Å². The maximum atomic E-state index is 13.9. The first kappa shape index (κ1) is 25.2. The summed E-state index contributed by atoms with van der Waals surface area (Å²) in [5, 5.41) is 10.0. The summed E-state index contributed by atoms with van der Waals surface area (Å²) in [6.45, 7) is 2.64. The molecule has 2 amide bonds. The predicted octanol–water partition coefficient (Wildman–Crippen LogP) is 4.15. The summed E-state index contributed by atoms with van der Waals surface area (Å²) < 4.78 is 15.6. The Morgan fingerprint density at radius 1 is 0.816 bits per heavy atom. The Bertz CT molecular complexity index is 1440. The molecule has 1 saturated heterocycles. The number of piperazine rings is 1. The van der Waals surface area contributed by atoms with Crippen LogP contribution in [0.5, 0.6) is 5.75 Å². The summed E-state index contributed by atoms with van der Waals surface area (Å²) in [5.74, 6) is -0.532. The molecular weight excluding hydrogens is 483 g/mol. The second kappa shape index (κ2) is 10.9. The Kier molecular flexibility index (Phi) is 7.22. The number of benzene rings is 3. The van der Waals surface area contributed by atoms with Crippen molar-refractivity contribution in [3.63, 3.8) is 0 Å². The van der Waals surface area contributed by atoms with Gasteiger partial charge in [0.15, 0.2) is 0 Å². The number of carbonyl (C=O) groups excluding carboxylic acids is 2. The van der Waals surface area contributed by atoms with Gasteiger partial charge in [0, 0.05) is 25.7 Å². The lowest BCUT2D eigenvalue weighted by Crippen LogP contribution is -2.63. The Morgan fingerprint density at radius 3 is 2.32 bits per heavy atom. The summed E-state index contributed by atoms with van der Waals surface area (Å²) in [7, 11) is 0. The molecule has 0 saturated carbocycles. The van der Waals surface area contributed by atoms with Crippen LogP contribution < -0.4 is 0 Å². The lowest BCUT2D eigenvalue weighted by atomic mass is 9.97. The highest BCUT2D eigenvalue weighted by Crippen LogP contribution is 2.26. The summed E-state index contributed by atoms with van der Waals surface area (Å²) in [5.41, 5.74) is 3.20. The second-order valence-corrected chi connectivity index (χ2v) is 9.63. The van der Waals surface area contributed by atoms with Crippen LogP contribution in [0, 0.1) is 5.82 Å². The number of amides is 2. The van der Waals surface area contributed by atoms with Gasteiger partial charge < -0.3 is 19.5 Å². The van der Waals surface area contributed by atoms with Crippen LogP contribution in [0.1, 0.15) is 29.3 Å². The molecule has 0 bridgehead atoms. The molecule has 1 aliphatic rings. The molecule has 1 N–H and O–H groups in total. The molecule has 0 aliphatic carbocycles. The molecule has 2 atom stereocenters. The van der Waals surface area contributed by atoms with Gasteiger partial charge >= 0.3 is 0 Å². The van der Waals surface area contributed by atoms with E-state index in [9.17, 15) is 19.1 Å². The van der Waals surface area contributed by atoms with Gasteiger partial charge in [0.05, 0.1) is 18.6 Å². The van der Waals surface area contributed by atoms with Crippen LogP contribution in [0.4, 0.5) is 4.39 Å². The van der Waals surface area contributed by atoms with Gasteiger partial charge in [0.2, 0.25) is 11.8 Å². The molecule has 8 heteroatoms. The number of imidazole rings is 1. The highest BCUT2D eigenvalue weighted by Gasteiger charge is 2.44. The lowest BCUT2D eigenvalue weighted by molar-refractivity contribution is -0.162. The zero-order valence-electron chi connectivity index (χ0n) is 21.1. The number of phenolic OH excluding ortho intramolecular Hbond substituents is 1. The minimum Gasteiger partial charge on any atom is -0.508 e. The van der Waals surface area contributed by atoms with Crippen LogP contribution in [0.2, 0.25) is 0 Å². The topological polar surface area (TPSA) is 78.7 Å². The first-order valence-electron chi connectivity index (χ1n) is 12.6. The molecule has 1 fully saturated rings.